The number of rotatable bonds is 1. The lowest BCUT2D eigenvalue weighted by Gasteiger charge is -2.53. The molecule has 1 N–H and O–H groups in total. The molecule has 4 fully saturated rings. The molecule has 8 atom stereocenters. The highest BCUT2D eigenvalue weighted by Crippen LogP contribution is 2.63. The van der Waals surface area contributed by atoms with Gasteiger partial charge in [-0.3, -0.25) is 9.59 Å². The van der Waals surface area contributed by atoms with Crippen LogP contribution in [0, 0.1) is 40.9 Å². The van der Waals surface area contributed by atoms with E-state index in [9.17, 15) is 14.7 Å². The molecule has 4 heteroatoms. The Morgan fingerprint density at radius 1 is 1.09 bits per heavy atom. The normalized spacial score (nSPS) is 51.8. The van der Waals surface area contributed by atoms with E-state index in [4.69, 9.17) is 4.74 Å². The molecule has 0 aromatic carbocycles. The highest BCUT2D eigenvalue weighted by Gasteiger charge is 2.60. The van der Waals surface area contributed by atoms with E-state index in [-0.39, 0.29) is 29.2 Å². The van der Waals surface area contributed by atoms with E-state index in [1.807, 2.05) is 0 Å². The van der Waals surface area contributed by atoms with Crippen LogP contribution in [0.5, 0.6) is 0 Å². The summed E-state index contributed by atoms with van der Waals surface area (Å²) in [5, 5.41) is 10.4. The minimum Gasteiger partial charge on any atom is -0.468 e. The number of aliphatic hydroxyl groups excluding tert-OH is 1. The molecule has 0 radical (unpaired) electrons. The van der Waals surface area contributed by atoms with E-state index in [0.717, 1.165) is 38.5 Å². The Bertz CT molecular complexity index is 529. The molecule has 0 aromatic heterocycles. The Hall–Kier alpha value is -0.900. The van der Waals surface area contributed by atoms with Crippen molar-refractivity contribution in [2.45, 2.75) is 58.0 Å². The summed E-state index contributed by atoms with van der Waals surface area (Å²) in [7, 11) is 1.39. The lowest BCUT2D eigenvalue weighted by atomic mass is 9.52. The summed E-state index contributed by atoms with van der Waals surface area (Å²) < 4.78 is 4.90. The van der Waals surface area contributed by atoms with Crippen molar-refractivity contribution in [3.63, 3.8) is 0 Å². The zero-order valence-electron chi connectivity index (χ0n) is 14.2. The summed E-state index contributed by atoms with van der Waals surface area (Å²) in [6, 6.07) is 0. The van der Waals surface area contributed by atoms with E-state index in [1.165, 1.54) is 7.11 Å². The van der Waals surface area contributed by atoms with Gasteiger partial charge in [0.2, 0.25) is 0 Å². The van der Waals surface area contributed by atoms with E-state index in [1.54, 1.807) is 0 Å². The van der Waals surface area contributed by atoms with Crippen molar-refractivity contribution in [1.29, 1.82) is 0 Å². The van der Waals surface area contributed by atoms with Gasteiger partial charge in [0, 0.05) is 6.42 Å². The van der Waals surface area contributed by atoms with Crippen LogP contribution in [0.15, 0.2) is 0 Å². The van der Waals surface area contributed by atoms with E-state index >= 15 is 0 Å². The van der Waals surface area contributed by atoms with Gasteiger partial charge in [-0.05, 0) is 73.5 Å². The summed E-state index contributed by atoms with van der Waals surface area (Å²) in [5.41, 5.74) is 0.0817. The molecule has 4 saturated carbocycles. The molecule has 0 amide bonds. The van der Waals surface area contributed by atoms with Crippen LogP contribution < -0.4 is 0 Å². The number of Topliss-reactive ketones (excluding diaryl/α,β-unsaturated/α-hetero) is 1. The molecule has 4 rings (SSSR count). The van der Waals surface area contributed by atoms with Gasteiger partial charge in [0.1, 0.15) is 11.7 Å². The van der Waals surface area contributed by atoms with Crippen molar-refractivity contribution in [3.8, 4) is 0 Å². The zero-order chi connectivity index (χ0) is 16.4. The number of methoxy groups -OCH3 is 1. The molecule has 4 aliphatic rings. The average molecular weight is 320 g/mol. The van der Waals surface area contributed by atoms with E-state index in [2.05, 4.69) is 6.92 Å². The maximum absolute atomic E-state index is 12.4. The third-order valence-electron chi connectivity index (χ3n) is 8.04. The van der Waals surface area contributed by atoms with Crippen molar-refractivity contribution >= 4 is 11.8 Å². The number of aliphatic hydroxyl groups is 1. The zero-order valence-corrected chi connectivity index (χ0v) is 14.2. The van der Waals surface area contributed by atoms with Crippen LogP contribution in [0.4, 0.5) is 0 Å². The maximum Gasteiger partial charge on any atom is 0.316 e. The monoisotopic (exact) mass is 320 g/mol. The van der Waals surface area contributed by atoms with Crippen LogP contribution in [-0.4, -0.2) is 30.1 Å². The Morgan fingerprint density at radius 3 is 2.57 bits per heavy atom. The molecule has 128 valence electrons. The highest BCUT2D eigenvalue weighted by atomic mass is 16.5. The van der Waals surface area contributed by atoms with Crippen LogP contribution >= 0.6 is 0 Å². The Labute approximate surface area is 138 Å². The van der Waals surface area contributed by atoms with Crippen LogP contribution in [0.25, 0.3) is 0 Å². The maximum atomic E-state index is 12.4. The predicted molar refractivity (Wildman–Crippen MR) is 84.4 cm³/mol. The lowest BCUT2D eigenvalue weighted by Crippen LogP contribution is -2.48. The fourth-order valence-electron chi connectivity index (χ4n) is 6.90. The minimum atomic E-state index is -0.506. The number of hydrogen-bond donors (Lipinski definition) is 1. The second kappa shape index (κ2) is 5.30. The summed E-state index contributed by atoms with van der Waals surface area (Å²) >= 11 is 0. The van der Waals surface area contributed by atoms with Crippen molar-refractivity contribution in [3.05, 3.63) is 0 Å². The van der Waals surface area contributed by atoms with Crippen molar-refractivity contribution in [2.24, 2.45) is 40.9 Å². The molecule has 4 nitrogen and oxygen atoms in total. The minimum absolute atomic E-state index is 0.0817. The van der Waals surface area contributed by atoms with Gasteiger partial charge in [0.25, 0.3) is 0 Å². The quantitative estimate of drug-likeness (QED) is 0.596. The molecule has 0 bridgehead atoms. The first-order valence-corrected chi connectivity index (χ1v) is 9.26. The fraction of sp³-hybridized carbons (Fsp3) is 0.895. The van der Waals surface area contributed by atoms with Crippen LogP contribution in [0.1, 0.15) is 51.9 Å². The highest BCUT2D eigenvalue weighted by molar-refractivity contribution is 6.01. The van der Waals surface area contributed by atoms with Gasteiger partial charge in [-0.15, -0.1) is 0 Å². The van der Waals surface area contributed by atoms with Crippen LogP contribution in [0.2, 0.25) is 0 Å². The molecule has 0 aliphatic heterocycles. The number of ketones is 1. The third kappa shape index (κ3) is 2.06. The smallest absolute Gasteiger partial charge is 0.316 e. The number of hydrogen-bond acceptors (Lipinski definition) is 4. The van der Waals surface area contributed by atoms with Gasteiger partial charge < -0.3 is 9.84 Å². The van der Waals surface area contributed by atoms with Crippen LogP contribution in [0.3, 0.4) is 0 Å². The number of ether oxygens (including phenoxy) is 1. The van der Waals surface area contributed by atoms with Crippen molar-refractivity contribution in [1.82, 2.24) is 0 Å². The van der Waals surface area contributed by atoms with Gasteiger partial charge >= 0.3 is 5.97 Å². The van der Waals surface area contributed by atoms with Gasteiger partial charge in [-0.1, -0.05) is 6.92 Å². The molecule has 0 unspecified atom stereocenters. The van der Waals surface area contributed by atoms with Crippen LogP contribution in [-0.2, 0) is 14.3 Å². The predicted octanol–water partition coefficient (Wildman–Crippen LogP) is 2.58. The molecule has 0 saturated heterocycles. The van der Waals surface area contributed by atoms with Crippen molar-refractivity contribution in [2.75, 3.05) is 7.11 Å². The van der Waals surface area contributed by atoms with Gasteiger partial charge in [0.15, 0.2) is 0 Å². The Morgan fingerprint density at radius 2 is 1.83 bits per heavy atom. The first-order valence-electron chi connectivity index (χ1n) is 9.26. The standard InChI is InChI=1S/C19H28O4/c1-19-8-7-10-11(14(19)5-6-16(19)21)3-4-12-13(10)9-15(20)17(12)18(22)23-2/h10-14,16-17,21H,3-9H2,1-2H3/t10-,11+,12+,13+,14-,16-,17-,19-/m0/s1. The van der Waals surface area contributed by atoms with E-state index < -0.39 is 5.92 Å². The molecule has 4 aliphatic carbocycles. The number of esters is 1. The largest absolute Gasteiger partial charge is 0.468 e. The summed E-state index contributed by atoms with van der Waals surface area (Å²) in [5.74, 6) is 1.65. The lowest BCUT2D eigenvalue weighted by molar-refractivity contribution is -0.151. The molecule has 23 heavy (non-hydrogen) atoms. The number of fused-ring (bicyclic) bond motifs is 5. The van der Waals surface area contributed by atoms with E-state index in [0.29, 0.717) is 30.1 Å². The Balaban J connectivity index is 1.59. The summed E-state index contributed by atoms with van der Waals surface area (Å²) in [4.78, 5) is 24.5. The molecular weight excluding hydrogens is 292 g/mol. The summed E-state index contributed by atoms with van der Waals surface area (Å²) in [6.45, 7) is 2.27. The first kappa shape index (κ1) is 15.6. The topological polar surface area (TPSA) is 63.6 Å². The van der Waals surface area contributed by atoms with Gasteiger partial charge in [-0.25, -0.2) is 0 Å². The molecule has 0 spiro atoms. The van der Waals surface area contributed by atoms with Crippen molar-refractivity contribution < 1.29 is 19.4 Å². The number of carbonyl (C=O) groups excluding carboxylic acids is 2. The molecular formula is C19H28O4. The SMILES string of the molecule is COC(=O)[C@@H]1C(=O)C[C@@H]2[C@H]3CC[C@]4(C)[C@@H](O)CC[C@H]4[C@@H]3CC[C@@H]12. The number of carbonyl (C=O) groups is 2. The molecule has 0 heterocycles. The third-order valence-corrected chi connectivity index (χ3v) is 8.04. The van der Waals surface area contributed by atoms with Gasteiger partial charge in [0.05, 0.1) is 13.2 Å². The fourth-order valence-corrected chi connectivity index (χ4v) is 6.90. The molecule has 0 aromatic rings. The van der Waals surface area contributed by atoms with Gasteiger partial charge in [-0.2, -0.15) is 0 Å². The second-order valence-electron chi connectivity index (χ2n) is 8.65. The summed E-state index contributed by atoms with van der Waals surface area (Å²) in [6.07, 6.45) is 6.74. The first-order chi connectivity index (χ1) is 11.0. The Kier molecular flexibility index (Phi) is 3.60. The second-order valence-corrected chi connectivity index (χ2v) is 8.65. The average Bonchev–Trinajstić information content (AvgIpc) is 3.03.